The maximum atomic E-state index is 12.8. The van der Waals surface area contributed by atoms with Gasteiger partial charge in [-0.2, -0.15) is 0 Å². The molecule has 0 fully saturated rings. The fraction of sp³-hybridized carbons (Fsp3) is 0.130. The van der Waals surface area contributed by atoms with Gasteiger partial charge in [0, 0.05) is 22.7 Å². The van der Waals surface area contributed by atoms with Gasteiger partial charge >= 0.3 is 0 Å². The molecule has 0 radical (unpaired) electrons. The molecule has 31 heavy (non-hydrogen) atoms. The molecule has 0 atom stereocenters. The Morgan fingerprint density at radius 3 is 2.58 bits per heavy atom. The molecule has 0 saturated carbocycles. The lowest BCUT2D eigenvalue weighted by atomic mass is 10.1. The molecule has 0 saturated heterocycles. The summed E-state index contributed by atoms with van der Waals surface area (Å²) in [5, 5.41) is 4.80. The van der Waals surface area contributed by atoms with Gasteiger partial charge in [-0.15, -0.1) is 0 Å². The zero-order valence-electron chi connectivity index (χ0n) is 16.7. The number of furan rings is 1. The number of hydrogen-bond acceptors (Lipinski definition) is 5. The fourth-order valence-electron chi connectivity index (χ4n) is 3.79. The first-order chi connectivity index (χ1) is 14.9. The summed E-state index contributed by atoms with van der Waals surface area (Å²) in [6.45, 7) is -0.0461. The van der Waals surface area contributed by atoms with Crippen LogP contribution in [0.15, 0.2) is 71.1 Å². The third-order valence-corrected chi connectivity index (χ3v) is 5.87. The number of carbonyl (C=O) groups is 1. The molecular weight excluding hydrogens is 414 g/mol. The summed E-state index contributed by atoms with van der Waals surface area (Å²) in [6.07, 6.45) is 1.15. The first-order valence-electron chi connectivity index (χ1n) is 9.70. The maximum absolute atomic E-state index is 12.8. The molecular formula is C23H19N3O4S. The van der Waals surface area contributed by atoms with E-state index in [2.05, 4.69) is 10.3 Å². The zero-order chi connectivity index (χ0) is 21.6. The van der Waals surface area contributed by atoms with Crippen molar-refractivity contribution in [3.63, 3.8) is 0 Å². The van der Waals surface area contributed by atoms with Gasteiger partial charge in [0.05, 0.1) is 11.0 Å². The Labute approximate surface area is 178 Å². The van der Waals surface area contributed by atoms with Crippen molar-refractivity contribution in [3.8, 4) is 0 Å². The summed E-state index contributed by atoms with van der Waals surface area (Å²) in [4.78, 5) is 17.3. The first kappa shape index (κ1) is 19.3. The minimum Gasteiger partial charge on any atom is -0.456 e. The summed E-state index contributed by atoms with van der Waals surface area (Å²) < 4.78 is 31.2. The van der Waals surface area contributed by atoms with Crippen LogP contribution in [0.25, 0.3) is 33.0 Å². The minimum atomic E-state index is -3.31. The van der Waals surface area contributed by atoms with Gasteiger partial charge in [-0.25, -0.2) is 13.4 Å². The second-order valence-corrected chi connectivity index (χ2v) is 9.67. The molecule has 0 aliphatic heterocycles. The highest BCUT2D eigenvalue weighted by Crippen LogP contribution is 2.30. The Bertz CT molecular complexity index is 1560. The molecule has 1 N–H and O–H groups in total. The van der Waals surface area contributed by atoms with E-state index in [4.69, 9.17) is 4.42 Å². The molecule has 3 aromatic carbocycles. The number of fused-ring (bicyclic) bond motifs is 4. The van der Waals surface area contributed by atoms with Gasteiger partial charge in [-0.05, 0) is 36.4 Å². The van der Waals surface area contributed by atoms with Gasteiger partial charge in [-0.3, -0.25) is 4.79 Å². The number of benzene rings is 3. The van der Waals surface area contributed by atoms with Crippen molar-refractivity contribution in [2.24, 2.45) is 0 Å². The molecule has 0 spiro atoms. The Hall–Kier alpha value is -3.65. The highest BCUT2D eigenvalue weighted by Gasteiger charge is 2.17. The summed E-state index contributed by atoms with van der Waals surface area (Å²) in [6, 6.07) is 20.5. The molecule has 7 nitrogen and oxygen atoms in total. The van der Waals surface area contributed by atoms with Crippen molar-refractivity contribution in [1.82, 2.24) is 9.55 Å². The number of nitrogens with one attached hydrogen (secondary N) is 1. The third kappa shape index (κ3) is 3.77. The van der Waals surface area contributed by atoms with Crippen molar-refractivity contribution >= 4 is 54.4 Å². The lowest BCUT2D eigenvalue weighted by molar-refractivity contribution is -0.116. The molecule has 0 unspecified atom stereocenters. The highest BCUT2D eigenvalue weighted by atomic mass is 32.2. The van der Waals surface area contributed by atoms with E-state index in [9.17, 15) is 13.2 Å². The number of para-hydroxylation sites is 3. The lowest BCUT2D eigenvalue weighted by Crippen LogP contribution is -2.21. The molecule has 5 rings (SSSR count). The van der Waals surface area contributed by atoms with E-state index in [0.717, 1.165) is 28.2 Å². The number of sulfone groups is 1. The van der Waals surface area contributed by atoms with Crippen LogP contribution in [0.4, 0.5) is 5.69 Å². The fourth-order valence-corrected chi connectivity index (χ4v) is 4.48. The van der Waals surface area contributed by atoms with Gasteiger partial charge in [0.25, 0.3) is 0 Å². The molecule has 0 bridgehead atoms. The lowest BCUT2D eigenvalue weighted by Gasteiger charge is -2.10. The van der Waals surface area contributed by atoms with Crippen LogP contribution in [0.2, 0.25) is 0 Å². The zero-order valence-corrected chi connectivity index (χ0v) is 17.5. The van der Waals surface area contributed by atoms with Gasteiger partial charge in [0.2, 0.25) is 5.91 Å². The smallest absolute Gasteiger partial charge is 0.244 e. The molecule has 1 amide bonds. The second kappa shape index (κ2) is 7.24. The number of imidazole rings is 1. The van der Waals surface area contributed by atoms with E-state index in [1.165, 1.54) is 0 Å². The SMILES string of the molecule is CS(=O)(=O)Cc1nc2ccccc2n1CC(=O)Nc1ccc2oc3ccccc3c2c1. The topological polar surface area (TPSA) is 94.2 Å². The molecule has 156 valence electrons. The van der Waals surface area contributed by atoms with Crippen LogP contribution in [0.5, 0.6) is 0 Å². The number of amides is 1. The molecule has 2 heterocycles. The molecule has 5 aromatic rings. The Balaban J connectivity index is 1.46. The normalized spacial score (nSPS) is 12.0. The number of aromatic nitrogens is 2. The van der Waals surface area contributed by atoms with E-state index in [-0.39, 0.29) is 18.2 Å². The van der Waals surface area contributed by atoms with E-state index in [0.29, 0.717) is 22.5 Å². The Morgan fingerprint density at radius 1 is 1.00 bits per heavy atom. The van der Waals surface area contributed by atoms with Crippen molar-refractivity contribution in [2.45, 2.75) is 12.3 Å². The maximum Gasteiger partial charge on any atom is 0.244 e. The van der Waals surface area contributed by atoms with E-state index in [1.807, 2.05) is 54.6 Å². The van der Waals surface area contributed by atoms with Crippen molar-refractivity contribution in [3.05, 3.63) is 72.6 Å². The minimum absolute atomic E-state index is 0.0461. The van der Waals surface area contributed by atoms with Crippen LogP contribution < -0.4 is 5.32 Å². The average molecular weight is 433 g/mol. The quantitative estimate of drug-likeness (QED) is 0.450. The van der Waals surface area contributed by atoms with Crippen LogP contribution in [-0.2, 0) is 26.9 Å². The van der Waals surface area contributed by atoms with Gasteiger partial charge in [0.1, 0.15) is 29.3 Å². The Morgan fingerprint density at radius 2 is 1.74 bits per heavy atom. The van der Waals surface area contributed by atoms with E-state index >= 15 is 0 Å². The largest absolute Gasteiger partial charge is 0.456 e. The van der Waals surface area contributed by atoms with Gasteiger partial charge in [-0.1, -0.05) is 30.3 Å². The highest BCUT2D eigenvalue weighted by molar-refractivity contribution is 7.89. The summed E-state index contributed by atoms with van der Waals surface area (Å²) in [5.74, 6) is -0.165. The summed E-state index contributed by atoms with van der Waals surface area (Å²) in [7, 11) is -3.31. The number of hydrogen-bond donors (Lipinski definition) is 1. The number of nitrogens with zero attached hydrogens (tertiary/aromatic N) is 2. The number of carbonyl (C=O) groups excluding carboxylic acids is 1. The van der Waals surface area contributed by atoms with Crippen LogP contribution in [0, 0.1) is 0 Å². The average Bonchev–Trinajstić information content (AvgIpc) is 3.25. The number of rotatable bonds is 5. The van der Waals surface area contributed by atoms with Gasteiger partial charge in [0.15, 0.2) is 9.84 Å². The monoisotopic (exact) mass is 433 g/mol. The standard InChI is InChI=1S/C23H19N3O4S/c1-31(28,29)14-22-25-18-7-3-4-8-19(18)26(22)13-23(27)24-15-10-11-21-17(12-15)16-6-2-5-9-20(16)30-21/h2-12H,13-14H2,1H3,(H,24,27). The summed E-state index contributed by atoms with van der Waals surface area (Å²) >= 11 is 0. The molecule has 0 aliphatic rings. The molecule has 8 heteroatoms. The van der Waals surface area contributed by atoms with Crippen LogP contribution in [-0.4, -0.2) is 30.1 Å². The van der Waals surface area contributed by atoms with Crippen LogP contribution in [0.3, 0.4) is 0 Å². The van der Waals surface area contributed by atoms with Crippen molar-refractivity contribution in [1.29, 1.82) is 0 Å². The summed E-state index contributed by atoms with van der Waals surface area (Å²) in [5.41, 5.74) is 3.54. The first-order valence-corrected chi connectivity index (χ1v) is 11.8. The number of anilines is 1. The molecule has 0 aliphatic carbocycles. The molecule has 2 aromatic heterocycles. The third-order valence-electron chi connectivity index (χ3n) is 5.09. The Kier molecular flexibility index (Phi) is 4.51. The van der Waals surface area contributed by atoms with Crippen LogP contribution in [0.1, 0.15) is 5.82 Å². The van der Waals surface area contributed by atoms with E-state index < -0.39 is 9.84 Å². The van der Waals surface area contributed by atoms with E-state index in [1.54, 1.807) is 16.7 Å². The van der Waals surface area contributed by atoms with Gasteiger partial charge < -0.3 is 14.3 Å². The van der Waals surface area contributed by atoms with Crippen molar-refractivity contribution in [2.75, 3.05) is 11.6 Å². The predicted octanol–water partition coefficient (Wildman–Crippen LogP) is 4.12. The van der Waals surface area contributed by atoms with Crippen molar-refractivity contribution < 1.29 is 17.6 Å². The predicted molar refractivity (Wildman–Crippen MR) is 121 cm³/mol. The second-order valence-electron chi connectivity index (χ2n) is 7.53. The van der Waals surface area contributed by atoms with Crippen LogP contribution >= 0.6 is 0 Å².